The smallest absolute Gasteiger partial charge is 0.319 e. The summed E-state index contributed by atoms with van der Waals surface area (Å²) in [6, 6.07) is 10.7. The van der Waals surface area contributed by atoms with Crippen LogP contribution in [-0.2, 0) is 6.54 Å². The summed E-state index contributed by atoms with van der Waals surface area (Å²) >= 11 is 1.66. The number of nitrogens with zero attached hydrogens (tertiary/aromatic N) is 2. The summed E-state index contributed by atoms with van der Waals surface area (Å²) in [5.41, 5.74) is 1.72. The van der Waals surface area contributed by atoms with E-state index in [1.165, 1.54) is 0 Å². The molecule has 2 N–H and O–H groups in total. The largest absolute Gasteiger partial charge is 0.338 e. The molecule has 0 atom stereocenters. The quantitative estimate of drug-likeness (QED) is 0.600. The van der Waals surface area contributed by atoms with Crippen LogP contribution in [0.2, 0.25) is 0 Å². The number of hydrogen-bond acceptors (Lipinski definition) is 4. The van der Waals surface area contributed by atoms with Crippen molar-refractivity contribution in [3.8, 4) is 0 Å². The lowest BCUT2D eigenvalue weighted by Gasteiger charge is -2.08. The number of aromatic nitrogens is 2. The Hall–Kier alpha value is -2.67. The fourth-order valence-electron chi connectivity index (χ4n) is 2.70. The second kappa shape index (κ2) is 8.81. The number of carbonyl (C=O) groups is 1. The number of carbonyl (C=O) groups excluding carboxylic acids is 1. The van der Waals surface area contributed by atoms with E-state index >= 15 is 0 Å². The summed E-state index contributed by atoms with van der Waals surface area (Å²) in [6.45, 7) is 5.47. The SMILES string of the molecule is CC(C)c1nc2ccc(NC(=O)NCCCCn3ccccc3=O)cc2s1. The molecule has 27 heavy (non-hydrogen) atoms. The number of nitrogens with one attached hydrogen (secondary N) is 2. The number of benzene rings is 1. The number of fused-ring (bicyclic) bond motifs is 1. The number of aryl methyl sites for hydroxylation is 1. The van der Waals surface area contributed by atoms with Gasteiger partial charge in [-0.1, -0.05) is 19.9 Å². The van der Waals surface area contributed by atoms with Gasteiger partial charge in [-0.2, -0.15) is 0 Å². The number of rotatable bonds is 7. The van der Waals surface area contributed by atoms with E-state index < -0.39 is 0 Å². The molecule has 0 saturated heterocycles. The van der Waals surface area contributed by atoms with Gasteiger partial charge in [0.1, 0.15) is 0 Å². The van der Waals surface area contributed by atoms with Gasteiger partial charge in [0.15, 0.2) is 0 Å². The molecule has 3 rings (SSSR count). The van der Waals surface area contributed by atoms with E-state index in [4.69, 9.17) is 0 Å². The second-order valence-electron chi connectivity index (χ2n) is 6.71. The Bertz CT molecular complexity index is 977. The van der Waals surface area contributed by atoms with Gasteiger partial charge in [-0.25, -0.2) is 9.78 Å². The van der Waals surface area contributed by atoms with Gasteiger partial charge in [0.2, 0.25) is 5.56 Å². The molecular weight excluding hydrogens is 360 g/mol. The van der Waals surface area contributed by atoms with Crippen LogP contribution in [0.3, 0.4) is 0 Å². The molecule has 0 bridgehead atoms. The molecule has 6 nitrogen and oxygen atoms in total. The van der Waals surface area contributed by atoms with Crippen molar-refractivity contribution in [3.05, 3.63) is 58.0 Å². The maximum atomic E-state index is 12.1. The lowest BCUT2D eigenvalue weighted by molar-refractivity contribution is 0.252. The first-order valence-electron chi connectivity index (χ1n) is 9.14. The Kier molecular flexibility index (Phi) is 6.24. The zero-order valence-corrected chi connectivity index (χ0v) is 16.4. The minimum Gasteiger partial charge on any atom is -0.338 e. The summed E-state index contributed by atoms with van der Waals surface area (Å²) in [6.07, 6.45) is 3.41. The standard InChI is InChI=1S/C20H24N4O2S/c1-14(2)19-23-16-9-8-15(13-17(16)27-19)22-20(26)21-10-4-6-12-24-11-5-3-7-18(24)25/h3,5,7-9,11,13-14H,4,6,10,12H2,1-2H3,(H2,21,22,26). The number of thiazole rings is 1. The van der Waals surface area contributed by atoms with Crippen LogP contribution in [0.5, 0.6) is 0 Å². The van der Waals surface area contributed by atoms with E-state index in [1.807, 2.05) is 24.3 Å². The van der Waals surface area contributed by atoms with E-state index in [9.17, 15) is 9.59 Å². The molecule has 0 saturated carbocycles. The third kappa shape index (κ3) is 5.17. The molecule has 0 aliphatic carbocycles. The number of urea groups is 1. The number of hydrogen-bond donors (Lipinski definition) is 2. The minimum atomic E-state index is -0.222. The highest BCUT2D eigenvalue weighted by Gasteiger charge is 2.09. The first-order chi connectivity index (χ1) is 13.0. The molecule has 2 amide bonds. The molecule has 0 aliphatic heterocycles. The van der Waals surface area contributed by atoms with E-state index in [1.54, 1.807) is 34.2 Å². The molecule has 1 aromatic carbocycles. The predicted molar refractivity (Wildman–Crippen MR) is 111 cm³/mol. The van der Waals surface area contributed by atoms with Crippen molar-refractivity contribution in [1.29, 1.82) is 0 Å². The van der Waals surface area contributed by atoms with Crippen molar-refractivity contribution in [1.82, 2.24) is 14.9 Å². The molecule has 2 aromatic heterocycles. The monoisotopic (exact) mass is 384 g/mol. The highest BCUT2D eigenvalue weighted by molar-refractivity contribution is 7.18. The van der Waals surface area contributed by atoms with Crippen LogP contribution >= 0.6 is 11.3 Å². The van der Waals surface area contributed by atoms with Gasteiger partial charge < -0.3 is 15.2 Å². The fourth-order valence-corrected chi connectivity index (χ4v) is 3.71. The summed E-state index contributed by atoms with van der Waals surface area (Å²) in [5, 5.41) is 6.82. The summed E-state index contributed by atoms with van der Waals surface area (Å²) < 4.78 is 2.75. The molecule has 0 aliphatic rings. The second-order valence-corrected chi connectivity index (χ2v) is 7.77. The topological polar surface area (TPSA) is 76.0 Å². The fraction of sp³-hybridized carbons (Fsp3) is 0.350. The van der Waals surface area contributed by atoms with Crippen molar-refractivity contribution in [3.63, 3.8) is 0 Å². The van der Waals surface area contributed by atoms with Crippen molar-refractivity contribution in [2.24, 2.45) is 0 Å². The van der Waals surface area contributed by atoms with Crippen LogP contribution in [0.4, 0.5) is 10.5 Å². The number of amides is 2. The molecule has 0 unspecified atom stereocenters. The van der Waals surface area contributed by atoms with Crippen molar-refractivity contribution < 1.29 is 4.79 Å². The Balaban J connectivity index is 1.44. The van der Waals surface area contributed by atoms with Gasteiger partial charge in [0.25, 0.3) is 0 Å². The van der Waals surface area contributed by atoms with Crippen molar-refractivity contribution in [2.45, 2.75) is 39.2 Å². The summed E-state index contributed by atoms with van der Waals surface area (Å²) in [4.78, 5) is 28.3. The van der Waals surface area contributed by atoms with Gasteiger partial charge in [0, 0.05) is 37.0 Å². The van der Waals surface area contributed by atoms with Crippen LogP contribution in [0.1, 0.15) is 37.6 Å². The molecule has 0 radical (unpaired) electrons. The maximum absolute atomic E-state index is 12.1. The average Bonchev–Trinajstić information content (AvgIpc) is 3.06. The van der Waals surface area contributed by atoms with E-state index in [-0.39, 0.29) is 11.6 Å². The van der Waals surface area contributed by atoms with Gasteiger partial charge in [0.05, 0.1) is 15.2 Å². The van der Waals surface area contributed by atoms with E-state index in [0.29, 0.717) is 19.0 Å². The number of unbranched alkanes of at least 4 members (excludes halogenated alkanes) is 1. The molecule has 7 heteroatoms. The molecule has 0 fully saturated rings. The maximum Gasteiger partial charge on any atom is 0.319 e. The molecule has 142 valence electrons. The first kappa shape index (κ1) is 19.1. The number of pyridine rings is 1. The van der Waals surface area contributed by atoms with E-state index in [0.717, 1.165) is 33.8 Å². The normalized spacial score (nSPS) is 11.1. The number of anilines is 1. The van der Waals surface area contributed by atoms with Crippen LogP contribution in [0.25, 0.3) is 10.2 Å². The van der Waals surface area contributed by atoms with Crippen molar-refractivity contribution in [2.75, 3.05) is 11.9 Å². The first-order valence-corrected chi connectivity index (χ1v) is 9.95. The molecule has 3 aromatic rings. The lowest BCUT2D eigenvalue weighted by atomic mass is 10.2. The Labute approximate surface area is 162 Å². The van der Waals surface area contributed by atoms with Crippen LogP contribution < -0.4 is 16.2 Å². The Morgan fingerprint density at radius 1 is 1.22 bits per heavy atom. The van der Waals surface area contributed by atoms with Crippen LogP contribution in [0.15, 0.2) is 47.4 Å². The Morgan fingerprint density at radius 3 is 2.85 bits per heavy atom. The third-order valence-electron chi connectivity index (χ3n) is 4.17. The highest BCUT2D eigenvalue weighted by atomic mass is 32.1. The lowest BCUT2D eigenvalue weighted by Crippen LogP contribution is -2.29. The summed E-state index contributed by atoms with van der Waals surface area (Å²) in [5.74, 6) is 0.397. The third-order valence-corrected chi connectivity index (χ3v) is 5.49. The van der Waals surface area contributed by atoms with Crippen LogP contribution in [0, 0.1) is 0 Å². The molecule has 0 spiro atoms. The predicted octanol–water partition coefficient (Wildman–Crippen LogP) is 4.18. The summed E-state index contributed by atoms with van der Waals surface area (Å²) in [7, 11) is 0. The van der Waals surface area contributed by atoms with Gasteiger partial charge >= 0.3 is 6.03 Å². The Morgan fingerprint density at radius 2 is 2.07 bits per heavy atom. The van der Waals surface area contributed by atoms with Gasteiger partial charge in [-0.05, 0) is 37.1 Å². The van der Waals surface area contributed by atoms with Gasteiger partial charge in [-0.15, -0.1) is 11.3 Å². The minimum absolute atomic E-state index is 0.00212. The zero-order valence-electron chi connectivity index (χ0n) is 15.6. The van der Waals surface area contributed by atoms with Gasteiger partial charge in [-0.3, -0.25) is 4.79 Å². The van der Waals surface area contributed by atoms with Crippen LogP contribution in [-0.4, -0.2) is 22.1 Å². The van der Waals surface area contributed by atoms with E-state index in [2.05, 4.69) is 29.5 Å². The zero-order chi connectivity index (χ0) is 19.2. The molecular formula is C20H24N4O2S. The highest BCUT2D eigenvalue weighted by Crippen LogP contribution is 2.29. The molecule has 2 heterocycles. The average molecular weight is 385 g/mol. The van der Waals surface area contributed by atoms with Crippen molar-refractivity contribution >= 4 is 33.3 Å².